The summed E-state index contributed by atoms with van der Waals surface area (Å²) in [5.74, 6) is -0.971. The summed E-state index contributed by atoms with van der Waals surface area (Å²) in [6.07, 6.45) is -4.64. The van der Waals surface area contributed by atoms with Crippen LogP contribution < -0.4 is 4.74 Å². The van der Waals surface area contributed by atoms with Crippen molar-refractivity contribution >= 4 is 21.9 Å². The summed E-state index contributed by atoms with van der Waals surface area (Å²) in [5, 5.41) is 3.48. The fraction of sp³-hybridized carbons (Fsp3) is 0.286. The summed E-state index contributed by atoms with van der Waals surface area (Å²) in [5.41, 5.74) is -1.47. The number of halogens is 4. The van der Waals surface area contributed by atoms with Crippen molar-refractivity contribution in [2.75, 3.05) is 13.7 Å². The molecule has 1 heterocycles. The Morgan fingerprint density at radius 3 is 2.65 bits per heavy atom. The minimum Gasteiger partial charge on any atom is -0.497 e. The van der Waals surface area contributed by atoms with Crippen LogP contribution in [0, 0.1) is 0 Å². The molecule has 0 saturated carbocycles. The molecule has 0 unspecified atom stereocenters. The normalized spacial score (nSPS) is 11.4. The van der Waals surface area contributed by atoms with Crippen molar-refractivity contribution in [1.29, 1.82) is 0 Å². The molecule has 0 aliphatic carbocycles. The first-order valence-corrected chi connectivity index (χ1v) is 7.16. The Kier molecular flexibility index (Phi) is 4.98. The summed E-state index contributed by atoms with van der Waals surface area (Å²) < 4.78 is 54.2. The van der Waals surface area contributed by atoms with Crippen molar-refractivity contribution in [2.45, 2.75) is 13.1 Å². The van der Waals surface area contributed by atoms with Crippen molar-refractivity contribution in [3.8, 4) is 17.1 Å². The van der Waals surface area contributed by atoms with Gasteiger partial charge in [-0.2, -0.15) is 13.2 Å². The molecule has 2 rings (SSSR count). The molecule has 0 fully saturated rings. The highest BCUT2D eigenvalue weighted by molar-refractivity contribution is 9.10. The third kappa shape index (κ3) is 3.49. The van der Waals surface area contributed by atoms with Crippen molar-refractivity contribution in [2.24, 2.45) is 0 Å². The maximum atomic E-state index is 13.2. The van der Waals surface area contributed by atoms with E-state index in [1.807, 2.05) is 0 Å². The van der Waals surface area contributed by atoms with Gasteiger partial charge in [-0.15, -0.1) is 0 Å². The molecule has 1 aromatic carbocycles. The standard InChI is InChI=1S/C14H11BrF3NO4/c1-3-22-13(20)11-10(15)12(23-19-11)8-5-4-7(21-2)6-9(8)14(16,17)18/h4-6H,3H2,1-2H3. The average Bonchev–Trinajstić information content (AvgIpc) is 2.87. The third-order valence-corrected chi connectivity index (χ3v) is 3.62. The molecule has 0 spiro atoms. The topological polar surface area (TPSA) is 61.6 Å². The molecule has 124 valence electrons. The monoisotopic (exact) mass is 393 g/mol. The average molecular weight is 394 g/mol. The highest BCUT2D eigenvalue weighted by atomic mass is 79.9. The zero-order valence-corrected chi connectivity index (χ0v) is 13.6. The van der Waals surface area contributed by atoms with Crippen LogP contribution in [-0.2, 0) is 10.9 Å². The zero-order valence-electron chi connectivity index (χ0n) is 12.0. The fourth-order valence-corrected chi connectivity index (χ4v) is 2.38. The van der Waals surface area contributed by atoms with Crippen LogP contribution in [0.1, 0.15) is 23.0 Å². The second kappa shape index (κ2) is 6.61. The number of aromatic nitrogens is 1. The van der Waals surface area contributed by atoms with Gasteiger partial charge < -0.3 is 14.0 Å². The molecule has 0 atom stereocenters. The van der Waals surface area contributed by atoms with Gasteiger partial charge in [0, 0.05) is 5.56 Å². The van der Waals surface area contributed by atoms with Crippen molar-refractivity contribution in [1.82, 2.24) is 5.16 Å². The van der Waals surface area contributed by atoms with E-state index in [1.54, 1.807) is 6.92 Å². The van der Waals surface area contributed by atoms with E-state index in [2.05, 4.69) is 21.1 Å². The zero-order chi connectivity index (χ0) is 17.2. The van der Waals surface area contributed by atoms with Gasteiger partial charge >= 0.3 is 12.1 Å². The van der Waals surface area contributed by atoms with Crippen LogP contribution in [0.3, 0.4) is 0 Å². The van der Waals surface area contributed by atoms with Gasteiger partial charge in [-0.1, -0.05) is 5.16 Å². The van der Waals surface area contributed by atoms with Crippen LogP contribution in [-0.4, -0.2) is 24.8 Å². The lowest BCUT2D eigenvalue weighted by atomic mass is 10.0. The predicted octanol–water partition coefficient (Wildman–Crippen LogP) is 4.31. The number of hydrogen-bond donors (Lipinski definition) is 0. The van der Waals surface area contributed by atoms with Crippen molar-refractivity contribution in [3.63, 3.8) is 0 Å². The SMILES string of the molecule is CCOC(=O)c1noc(-c2ccc(OC)cc2C(F)(F)F)c1Br. The van der Waals surface area contributed by atoms with Crippen LogP contribution in [0.5, 0.6) is 5.75 Å². The van der Waals surface area contributed by atoms with Gasteiger partial charge in [0.15, 0.2) is 5.76 Å². The molecule has 23 heavy (non-hydrogen) atoms. The largest absolute Gasteiger partial charge is 0.497 e. The summed E-state index contributed by atoms with van der Waals surface area (Å²) in [4.78, 5) is 11.7. The van der Waals surface area contributed by atoms with Gasteiger partial charge in [0.25, 0.3) is 0 Å². The first-order valence-electron chi connectivity index (χ1n) is 6.37. The lowest BCUT2D eigenvalue weighted by Crippen LogP contribution is -2.08. The Morgan fingerprint density at radius 2 is 2.09 bits per heavy atom. The van der Waals surface area contributed by atoms with Crippen LogP contribution in [0.25, 0.3) is 11.3 Å². The van der Waals surface area contributed by atoms with E-state index in [4.69, 9.17) is 14.0 Å². The van der Waals surface area contributed by atoms with E-state index >= 15 is 0 Å². The molecule has 0 radical (unpaired) electrons. The fourth-order valence-electron chi connectivity index (χ4n) is 1.86. The molecule has 0 bridgehead atoms. The van der Waals surface area contributed by atoms with Crippen molar-refractivity contribution in [3.05, 3.63) is 33.9 Å². The Morgan fingerprint density at radius 1 is 1.39 bits per heavy atom. The maximum absolute atomic E-state index is 13.2. The number of carbonyl (C=O) groups is 1. The first-order chi connectivity index (χ1) is 10.8. The van der Waals surface area contributed by atoms with E-state index in [0.29, 0.717) is 0 Å². The number of hydrogen-bond acceptors (Lipinski definition) is 5. The molecule has 5 nitrogen and oxygen atoms in total. The summed E-state index contributed by atoms with van der Waals surface area (Å²) in [6, 6.07) is 3.37. The summed E-state index contributed by atoms with van der Waals surface area (Å²) in [7, 11) is 1.26. The Labute approximate surface area is 137 Å². The quantitative estimate of drug-likeness (QED) is 0.724. The smallest absolute Gasteiger partial charge is 0.417 e. The van der Waals surface area contributed by atoms with Crippen molar-refractivity contribution < 1.29 is 32.0 Å². The minimum absolute atomic E-state index is 0.00776. The van der Waals surface area contributed by atoms with Crippen LogP contribution in [0.15, 0.2) is 27.2 Å². The van der Waals surface area contributed by atoms with E-state index in [0.717, 1.165) is 6.07 Å². The third-order valence-electron chi connectivity index (χ3n) is 2.88. The molecule has 0 N–H and O–H groups in total. The molecule has 9 heteroatoms. The van der Waals surface area contributed by atoms with Gasteiger partial charge in [-0.25, -0.2) is 4.79 Å². The highest BCUT2D eigenvalue weighted by Crippen LogP contribution is 2.42. The van der Waals surface area contributed by atoms with Gasteiger partial charge in [-0.05, 0) is 41.1 Å². The lowest BCUT2D eigenvalue weighted by molar-refractivity contribution is -0.137. The number of benzene rings is 1. The van der Waals surface area contributed by atoms with E-state index in [1.165, 1.54) is 19.2 Å². The Balaban J connectivity index is 2.57. The van der Waals surface area contributed by atoms with Crippen LogP contribution >= 0.6 is 15.9 Å². The number of carbonyl (C=O) groups excluding carboxylic acids is 1. The molecule has 1 aromatic heterocycles. The number of alkyl halides is 3. The molecule has 0 saturated heterocycles. The molecule has 2 aromatic rings. The number of esters is 1. The van der Waals surface area contributed by atoms with Gasteiger partial charge in [0.2, 0.25) is 5.69 Å². The Hall–Kier alpha value is -2.03. The molecular formula is C14H11BrF3NO4. The van der Waals surface area contributed by atoms with Gasteiger partial charge in [0.1, 0.15) is 10.2 Å². The Bertz CT molecular complexity index is 727. The van der Waals surface area contributed by atoms with Gasteiger partial charge in [0.05, 0.1) is 19.3 Å². The maximum Gasteiger partial charge on any atom is 0.417 e. The second-order valence-corrected chi connectivity index (χ2v) is 5.10. The summed E-state index contributed by atoms with van der Waals surface area (Å²) >= 11 is 3.04. The predicted molar refractivity (Wildman–Crippen MR) is 77.1 cm³/mol. The summed E-state index contributed by atoms with van der Waals surface area (Å²) in [6.45, 7) is 1.70. The number of methoxy groups -OCH3 is 1. The van der Waals surface area contributed by atoms with E-state index < -0.39 is 17.7 Å². The highest BCUT2D eigenvalue weighted by Gasteiger charge is 2.36. The first kappa shape index (κ1) is 17.3. The molecule has 0 amide bonds. The van der Waals surface area contributed by atoms with Crippen LogP contribution in [0.2, 0.25) is 0 Å². The van der Waals surface area contributed by atoms with Gasteiger partial charge in [-0.3, -0.25) is 0 Å². The molecule has 0 aliphatic rings. The lowest BCUT2D eigenvalue weighted by Gasteiger charge is -2.12. The second-order valence-electron chi connectivity index (χ2n) is 4.30. The van der Waals surface area contributed by atoms with Crippen LogP contribution in [0.4, 0.5) is 13.2 Å². The molecule has 0 aliphatic heterocycles. The number of nitrogens with zero attached hydrogens (tertiary/aromatic N) is 1. The minimum atomic E-state index is -4.64. The number of ether oxygens (including phenoxy) is 2. The van der Waals surface area contributed by atoms with E-state index in [-0.39, 0.29) is 33.8 Å². The van der Waals surface area contributed by atoms with E-state index in [9.17, 15) is 18.0 Å². The molecular weight excluding hydrogens is 383 g/mol. The number of rotatable bonds is 4.